The van der Waals surface area contributed by atoms with E-state index in [1.165, 1.54) is 6.39 Å². The first-order valence-corrected chi connectivity index (χ1v) is 2.62. The van der Waals surface area contributed by atoms with Gasteiger partial charge in [0.05, 0.1) is 0 Å². The first kappa shape index (κ1) is 5.83. The summed E-state index contributed by atoms with van der Waals surface area (Å²) in [6.07, 6.45) is 7.63. The van der Waals surface area contributed by atoms with Gasteiger partial charge in [0.15, 0.2) is 0 Å². The Bertz CT molecular complexity index is 197. The Morgan fingerprint density at radius 1 is 1.78 bits per heavy atom. The van der Waals surface area contributed by atoms with Crippen molar-refractivity contribution in [2.24, 2.45) is 0 Å². The van der Waals surface area contributed by atoms with Gasteiger partial charge >= 0.3 is 0 Å². The molecule has 0 aromatic carbocycles. The van der Waals surface area contributed by atoms with Crippen LogP contribution in [-0.4, -0.2) is 10.2 Å². The Labute approximate surface area is 53.1 Å². The molecular formula is C6H6N2O. The zero-order valence-electron chi connectivity index (χ0n) is 4.87. The average Bonchev–Trinajstić information content (AvgIpc) is 2.34. The summed E-state index contributed by atoms with van der Waals surface area (Å²) in [6.45, 7) is 0. The molecule has 0 atom stereocenters. The van der Waals surface area contributed by atoms with Gasteiger partial charge in [-0.3, -0.25) is 0 Å². The van der Waals surface area contributed by atoms with E-state index in [0.717, 1.165) is 0 Å². The first-order chi connectivity index (χ1) is 4.43. The van der Waals surface area contributed by atoms with Crippen molar-refractivity contribution in [1.29, 1.82) is 0 Å². The molecule has 0 spiro atoms. The molecule has 3 heteroatoms. The molecule has 9 heavy (non-hydrogen) atoms. The normalized spacial score (nSPS) is 8.78. The van der Waals surface area contributed by atoms with E-state index >= 15 is 0 Å². The van der Waals surface area contributed by atoms with Crippen molar-refractivity contribution >= 4 is 0 Å². The quantitative estimate of drug-likeness (QED) is 0.540. The second-order valence-corrected chi connectivity index (χ2v) is 1.54. The first-order valence-electron chi connectivity index (χ1n) is 2.62. The van der Waals surface area contributed by atoms with E-state index in [1.807, 2.05) is 0 Å². The summed E-state index contributed by atoms with van der Waals surface area (Å²) in [4.78, 5) is 0. The summed E-state index contributed by atoms with van der Waals surface area (Å²) in [5.74, 6) is 3.08. The highest BCUT2D eigenvalue weighted by Gasteiger charge is 1.93. The minimum Gasteiger partial charge on any atom is -0.428 e. The van der Waals surface area contributed by atoms with Gasteiger partial charge in [-0.1, -0.05) is 0 Å². The fourth-order valence-corrected chi connectivity index (χ4v) is 0.484. The van der Waals surface area contributed by atoms with E-state index in [0.29, 0.717) is 18.7 Å². The van der Waals surface area contributed by atoms with Gasteiger partial charge in [0, 0.05) is 12.8 Å². The van der Waals surface area contributed by atoms with Crippen LogP contribution in [0.4, 0.5) is 0 Å². The average molecular weight is 122 g/mol. The van der Waals surface area contributed by atoms with Gasteiger partial charge in [-0.15, -0.1) is 22.5 Å². The van der Waals surface area contributed by atoms with E-state index in [9.17, 15) is 0 Å². The zero-order chi connectivity index (χ0) is 6.53. The number of hydrogen-bond donors (Lipinski definition) is 0. The van der Waals surface area contributed by atoms with Crippen molar-refractivity contribution in [3.05, 3.63) is 12.3 Å². The van der Waals surface area contributed by atoms with E-state index < -0.39 is 0 Å². The van der Waals surface area contributed by atoms with Gasteiger partial charge in [0.1, 0.15) is 0 Å². The van der Waals surface area contributed by atoms with Gasteiger partial charge < -0.3 is 4.42 Å². The van der Waals surface area contributed by atoms with E-state index in [-0.39, 0.29) is 0 Å². The van der Waals surface area contributed by atoms with Crippen molar-refractivity contribution in [2.45, 2.75) is 12.8 Å². The molecule has 0 aliphatic rings. The topological polar surface area (TPSA) is 38.9 Å². The largest absolute Gasteiger partial charge is 0.428 e. The lowest BCUT2D eigenvalue weighted by molar-refractivity contribution is 0.495. The number of aryl methyl sites for hydroxylation is 1. The van der Waals surface area contributed by atoms with Gasteiger partial charge in [-0.25, -0.2) is 0 Å². The van der Waals surface area contributed by atoms with Gasteiger partial charge in [0.2, 0.25) is 12.3 Å². The van der Waals surface area contributed by atoms with Crippen LogP contribution >= 0.6 is 0 Å². The lowest BCUT2D eigenvalue weighted by Crippen LogP contribution is -1.82. The summed E-state index contributed by atoms with van der Waals surface area (Å²) in [6, 6.07) is 0. The standard InChI is InChI=1S/C6H6N2O/c1-2-3-4-6-8-7-5-9-6/h1,5H,3-4H2. The SMILES string of the molecule is C#CCCc1nnco1. The lowest BCUT2D eigenvalue weighted by Gasteiger charge is -1.82. The molecule has 3 nitrogen and oxygen atoms in total. The van der Waals surface area contributed by atoms with Crippen LogP contribution in [0, 0.1) is 12.3 Å². The summed E-state index contributed by atoms with van der Waals surface area (Å²) >= 11 is 0. The number of aromatic nitrogens is 2. The molecule has 0 aliphatic heterocycles. The zero-order valence-corrected chi connectivity index (χ0v) is 4.87. The van der Waals surface area contributed by atoms with Crippen LogP contribution < -0.4 is 0 Å². The van der Waals surface area contributed by atoms with Crippen molar-refractivity contribution in [2.75, 3.05) is 0 Å². The van der Waals surface area contributed by atoms with E-state index in [4.69, 9.17) is 10.8 Å². The predicted octanol–water partition coefficient (Wildman–Crippen LogP) is 0.635. The Morgan fingerprint density at radius 3 is 3.22 bits per heavy atom. The number of hydrogen-bond acceptors (Lipinski definition) is 3. The Hall–Kier alpha value is -1.30. The summed E-state index contributed by atoms with van der Waals surface area (Å²) in [5.41, 5.74) is 0. The molecule has 0 radical (unpaired) electrons. The lowest BCUT2D eigenvalue weighted by atomic mass is 10.3. The van der Waals surface area contributed by atoms with Crippen LogP contribution in [0.15, 0.2) is 10.8 Å². The predicted molar refractivity (Wildman–Crippen MR) is 31.5 cm³/mol. The molecule has 0 aliphatic carbocycles. The molecule has 0 amide bonds. The number of terminal acetylenes is 1. The minimum atomic E-state index is 0.605. The van der Waals surface area contributed by atoms with Crippen LogP contribution in [0.2, 0.25) is 0 Å². The fraction of sp³-hybridized carbons (Fsp3) is 0.333. The monoisotopic (exact) mass is 122 g/mol. The molecule has 0 N–H and O–H groups in total. The second-order valence-electron chi connectivity index (χ2n) is 1.54. The molecule has 0 bridgehead atoms. The van der Waals surface area contributed by atoms with Gasteiger partial charge in [-0.2, -0.15) is 0 Å². The van der Waals surface area contributed by atoms with Crippen molar-refractivity contribution in [1.82, 2.24) is 10.2 Å². The Balaban J connectivity index is 2.41. The molecule has 46 valence electrons. The van der Waals surface area contributed by atoms with Gasteiger partial charge in [-0.05, 0) is 0 Å². The van der Waals surface area contributed by atoms with Gasteiger partial charge in [0.25, 0.3) is 0 Å². The van der Waals surface area contributed by atoms with Crippen molar-refractivity contribution < 1.29 is 4.42 Å². The molecule has 0 fully saturated rings. The third-order valence-electron chi connectivity index (χ3n) is 0.888. The van der Waals surface area contributed by atoms with Crippen molar-refractivity contribution in [3.63, 3.8) is 0 Å². The minimum absolute atomic E-state index is 0.605. The molecule has 0 saturated heterocycles. The van der Waals surface area contributed by atoms with Crippen LogP contribution in [0.5, 0.6) is 0 Å². The Kier molecular flexibility index (Phi) is 1.86. The van der Waals surface area contributed by atoms with Crippen LogP contribution in [0.25, 0.3) is 0 Å². The van der Waals surface area contributed by atoms with E-state index in [2.05, 4.69) is 16.1 Å². The molecule has 0 saturated carbocycles. The molecule has 1 rings (SSSR count). The highest BCUT2D eigenvalue weighted by Crippen LogP contribution is 1.94. The molecule has 1 aromatic heterocycles. The molecule has 0 unspecified atom stereocenters. The summed E-state index contributed by atoms with van der Waals surface area (Å²) < 4.78 is 4.82. The summed E-state index contributed by atoms with van der Waals surface area (Å²) in [5, 5.41) is 7.13. The second kappa shape index (κ2) is 2.88. The maximum Gasteiger partial charge on any atom is 0.217 e. The van der Waals surface area contributed by atoms with Crippen molar-refractivity contribution in [3.8, 4) is 12.3 Å². The smallest absolute Gasteiger partial charge is 0.217 e. The fourth-order valence-electron chi connectivity index (χ4n) is 0.484. The highest BCUT2D eigenvalue weighted by atomic mass is 16.4. The maximum absolute atomic E-state index is 5.01. The number of nitrogens with zero attached hydrogens (tertiary/aromatic N) is 2. The number of rotatable bonds is 2. The maximum atomic E-state index is 5.01. The molecule has 1 aromatic rings. The Morgan fingerprint density at radius 2 is 2.67 bits per heavy atom. The van der Waals surface area contributed by atoms with Crippen LogP contribution in [0.3, 0.4) is 0 Å². The molecule has 1 heterocycles. The highest BCUT2D eigenvalue weighted by molar-refractivity contribution is 4.88. The van der Waals surface area contributed by atoms with Crippen LogP contribution in [0.1, 0.15) is 12.3 Å². The van der Waals surface area contributed by atoms with E-state index in [1.54, 1.807) is 0 Å². The molecular weight excluding hydrogens is 116 g/mol. The third-order valence-corrected chi connectivity index (χ3v) is 0.888. The third kappa shape index (κ3) is 1.57. The summed E-state index contributed by atoms with van der Waals surface area (Å²) in [7, 11) is 0. The van der Waals surface area contributed by atoms with Crippen LogP contribution in [-0.2, 0) is 6.42 Å².